The molecular weight excluding hydrogens is 386 g/mol. The first-order chi connectivity index (χ1) is 15.1. The molecule has 0 aromatic heterocycles. The number of nitrogens with one attached hydrogen (secondary N) is 1. The van der Waals surface area contributed by atoms with Crippen molar-refractivity contribution in [3.05, 3.63) is 93.8 Å². The molecule has 1 aliphatic carbocycles. The Labute approximate surface area is 184 Å². The van der Waals surface area contributed by atoms with Gasteiger partial charge in [0.1, 0.15) is 0 Å². The molecule has 1 atom stereocenters. The van der Waals surface area contributed by atoms with E-state index in [9.17, 15) is 9.59 Å². The Kier molecular flexibility index (Phi) is 6.36. The fourth-order valence-electron chi connectivity index (χ4n) is 4.52. The van der Waals surface area contributed by atoms with Gasteiger partial charge in [0, 0.05) is 35.7 Å². The quantitative estimate of drug-likeness (QED) is 0.675. The number of ether oxygens (including phenoxy) is 1. The van der Waals surface area contributed by atoms with E-state index in [0.717, 1.165) is 47.4 Å². The number of dihydropyridines is 1. The Balaban J connectivity index is 1.63. The minimum atomic E-state index is -0.376. The molecule has 2 aromatic carbocycles. The van der Waals surface area contributed by atoms with Crippen molar-refractivity contribution in [1.82, 2.24) is 5.32 Å². The van der Waals surface area contributed by atoms with Gasteiger partial charge in [-0.05, 0) is 42.9 Å². The van der Waals surface area contributed by atoms with Gasteiger partial charge < -0.3 is 10.1 Å². The fourth-order valence-corrected chi connectivity index (χ4v) is 4.52. The molecule has 0 bridgehead atoms. The maximum Gasteiger partial charge on any atom is 0.336 e. The van der Waals surface area contributed by atoms with Gasteiger partial charge in [-0.25, -0.2) is 4.79 Å². The molecule has 0 radical (unpaired) electrons. The van der Waals surface area contributed by atoms with Crippen molar-refractivity contribution in [3.63, 3.8) is 0 Å². The number of carbonyl (C=O) groups is 2. The third-order valence-electron chi connectivity index (χ3n) is 6.18. The molecule has 1 N–H and O–H groups in total. The van der Waals surface area contributed by atoms with Crippen LogP contribution < -0.4 is 5.32 Å². The topological polar surface area (TPSA) is 55.4 Å². The summed E-state index contributed by atoms with van der Waals surface area (Å²) in [6, 6.07) is 18.2. The largest absolute Gasteiger partial charge is 0.462 e. The van der Waals surface area contributed by atoms with Crippen molar-refractivity contribution in [2.24, 2.45) is 0 Å². The highest BCUT2D eigenvalue weighted by molar-refractivity contribution is 6.03. The lowest BCUT2D eigenvalue weighted by Gasteiger charge is -2.34. The Morgan fingerprint density at radius 3 is 2.48 bits per heavy atom. The van der Waals surface area contributed by atoms with Crippen LogP contribution in [0.1, 0.15) is 55.7 Å². The minimum absolute atomic E-state index is 0.125. The third kappa shape index (κ3) is 4.48. The number of aryl methyl sites for hydroxylation is 1. The van der Waals surface area contributed by atoms with Gasteiger partial charge in [-0.1, -0.05) is 61.5 Å². The summed E-state index contributed by atoms with van der Waals surface area (Å²) in [4.78, 5) is 26.2. The maximum atomic E-state index is 13.2. The van der Waals surface area contributed by atoms with Crippen molar-refractivity contribution in [2.75, 3.05) is 6.61 Å². The molecule has 0 fully saturated rings. The van der Waals surface area contributed by atoms with E-state index >= 15 is 0 Å². The number of rotatable bonds is 6. The average Bonchev–Trinajstić information content (AvgIpc) is 2.79. The molecule has 4 heteroatoms. The molecule has 4 rings (SSSR count). The van der Waals surface area contributed by atoms with Crippen LogP contribution in [0, 0.1) is 0 Å². The highest BCUT2D eigenvalue weighted by Gasteiger charge is 2.39. The number of esters is 1. The predicted molar refractivity (Wildman–Crippen MR) is 121 cm³/mol. The molecular formula is C27H29NO3. The van der Waals surface area contributed by atoms with Crippen molar-refractivity contribution >= 4 is 11.8 Å². The molecule has 2 aromatic rings. The number of allylic oxidation sites excluding steroid dienone is 3. The molecule has 0 saturated heterocycles. The van der Waals surface area contributed by atoms with Crippen LogP contribution in [0.3, 0.4) is 0 Å². The zero-order valence-electron chi connectivity index (χ0n) is 18.2. The second-order valence-electron chi connectivity index (χ2n) is 8.23. The van der Waals surface area contributed by atoms with Crippen LogP contribution >= 0.6 is 0 Å². The fraction of sp³-hybridized carbons (Fsp3) is 0.333. The number of carbonyl (C=O) groups excluding carboxylic acids is 2. The smallest absolute Gasteiger partial charge is 0.336 e. The number of Topliss-reactive ketones (excluding diaryl/α,β-unsaturated/α-hetero) is 1. The van der Waals surface area contributed by atoms with Gasteiger partial charge in [0.25, 0.3) is 0 Å². The monoisotopic (exact) mass is 415 g/mol. The Morgan fingerprint density at radius 1 is 1.03 bits per heavy atom. The third-order valence-corrected chi connectivity index (χ3v) is 6.18. The molecule has 1 heterocycles. The van der Waals surface area contributed by atoms with Crippen LogP contribution in [-0.2, 0) is 27.2 Å². The lowest BCUT2D eigenvalue weighted by atomic mass is 9.75. The molecule has 0 spiro atoms. The first-order valence-corrected chi connectivity index (χ1v) is 11.1. The summed E-state index contributed by atoms with van der Waals surface area (Å²) in [5.74, 6) is -0.602. The first kappa shape index (κ1) is 21.1. The Bertz CT molecular complexity index is 1030. The summed E-state index contributed by atoms with van der Waals surface area (Å²) in [7, 11) is 0. The van der Waals surface area contributed by atoms with Crippen LogP contribution in [0.5, 0.6) is 0 Å². The van der Waals surface area contributed by atoms with Crippen LogP contribution in [0.4, 0.5) is 0 Å². The normalized spacial score (nSPS) is 18.5. The SMILES string of the molecule is CCc1ccc(C2C(C(=O)OCCc3ccccc3)=C(C)NC3=C2C(=O)CCC3)cc1. The lowest BCUT2D eigenvalue weighted by molar-refractivity contribution is -0.139. The van der Waals surface area contributed by atoms with Gasteiger partial charge >= 0.3 is 5.97 Å². The molecule has 4 nitrogen and oxygen atoms in total. The molecule has 1 aliphatic heterocycles. The van der Waals surface area contributed by atoms with Crippen LogP contribution in [-0.4, -0.2) is 18.4 Å². The summed E-state index contributed by atoms with van der Waals surface area (Å²) in [6.07, 6.45) is 3.81. The van der Waals surface area contributed by atoms with Crippen LogP contribution in [0.25, 0.3) is 0 Å². The highest BCUT2D eigenvalue weighted by Crippen LogP contribution is 2.42. The van der Waals surface area contributed by atoms with E-state index in [4.69, 9.17) is 4.74 Å². The van der Waals surface area contributed by atoms with E-state index in [-0.39, 0.29) is 17.7 Å². The standard InChI is InChI=1S/C27H29NO3/c1-3-19-12-14-21(15-13-19)25-24(18(2)28-22-10-7-11-23(29)26(22)25)27(30)31-17-16-20-8-5-4-6-9-20/h4-6,8-9,12-15,25,28H,3,7,10-11,16-17H2,1-2H3. The van der Waals surface area contributed by atoms with Gasteiger partial charge in [0.15, 0.2) is 5.78 Å². The summed E-state index contributed by atoms with van der Waals surface area (Å²) >= 11 is 0. The van der Waals surface area contributed by atoms with E-state index in [1.807, 2.05) is 49.4 Å². The molecule has 31 heavy (non-hydrogen) atoms. The lowest BCUT2D eigenvalue weighted by Crippen LogP contribution is -2.34. The predicted octanol–water partition coefficient (Wildman–Crippen LogP) is 5.00. The summed E-state index contributed by atoms with van der Waals surface area (Å²) in [6.45, 7) is 4.33. The van der Waals surface area contributed by atoms with Crippen molar-refractivity contribution in [2.45, 2.75) is 51.9 Å². The number of hydrogen-bond acceptors (Lipinski definition) is 4. The first-order valence-electron chi connectivity index (χ1n) is 11.1. The Hall–Kier alpha value is -3.14. The number of benzene rings is 2. The molecule has 1 unspecified atom stereocenters. The zero-order valence-corrected chi connectivity index (χ0v) is 18.2. The van der Waals surface area contributed by atoms with Gasteiger partial charge in [0.2, 0.25) is 0 Å². The van der Waals surface area contributed by atoms with Crippen LogP contribution in [0.15, 0.2) is 77.1 Å². The van der Waals surface area contributed by atoms with E-state index in [0.29, 0.717) is 25.0 Å². The molecule has 0 amide bonds. The van der Waals surface area contributed by atoms with E-state index in [1.165, 1.54) is 5.56 Å². The van der Waals surface area contributed by atoms with Crippen molar-refractivity contribution in [3.8, 4) is 0 Å². The number of ketones is 1. The van der Waals surface area contributed by atoms with E-state index < -0.39 is 0 Å². The summed E-state index contributed by atoms with van der Waals surface area (Å²) < 4.78 is 5.70. The number of hydrogen-bond donors (Lipinski definition) is 1. The van der Waals surface area contributed by atoms with E-state index in [1.54, 1.807) is 0 Å². The van der Waals surface area contributed by atoms with E-state index in [2.05, 4.69) is 24.4 Å². The van der Waals surface area contributed by atoms with Crippen molar-refractivity contribution < 1.29 is 14.3 Å². The Morgan fingerprint density at radius 2 is 1.77 bits per heavy atom. The van der Waals surface area contributed by atoms with Gasteiger partial charge in [-0.3, -0.25) is 4.79 Å². The van der Waals surface area contributed by atoms with Crippen LogP contribution in [0.2, 0.25) is 0 Å². The summed E-state index contributed by atoms with van der Waals surface area (Å²) in [5, 5.41) is 3.35. The van der Waals surface area contributed by atoms with Gasteiger partial charge in [0.05, 0.1) is 12.2 Å². The van der Waals surface area contributed by atoms with Crippen molar-refractivity contribution in [1.29, 1.82) is 0 Å². The zero-order chi connectivity index (χ0) is 21.8. The molecule has 160 valence electrons. The second kappa shape index (κ2) is 9.34. The summed E-state index contributed by atoms with van der Waals surface area (Å²) in [5.41, 5.74) is 6.34. The maximum absolute atomic E-state index is 13.2. The van der Waals surface area contributed by atoms with Gasteiger partial charge in [-0.2, -0.15) is 0 Å². The average molecular weight is 416 g/mol. The molecule has 0 saturated carbocycles. The molecule has 2 aliphatic rings. The minimum Gasteiger partial charge on any atom is -0.462 e. The van der Waals surface area contributed by atoms with Gasteiger partial charge in [-0.15, -0.1) is 0 Å². The second-order valence-corrected chi connectivity index (χ2v) is 8.23. The highest BCUT2D eigenvalue weighted by atomic mass is 16.5.